The highest BCUT2D eigenvalue weighted by molar-refractivity contribution is 7.92. The molecule has 0 aliphatic heterocycles. The molecular weight excluding hydrogens is 533 g/mol. The molecule has 1 unspecified atom stereocenters. The number of sulfonamides is 1. The molecule has 214 valence electrons. The number of methoxy groups -OCH3 is 1. The molecule has 0 aromatic heterocycles. The van der Waals surface area contributed by atoms with E-state index in [1.54, 1.807) is 6.92 Å². The number of rotatable bonds is 13. The molecular formula is C30H36FN3O5S. The molecule has 0 saturated carbocycles. The van der Waals surface area contributed by atoms with E-state index in [-0.39, 0.29) is 29.1 Å². The smallest absolute Gasteiger partial charge is 0.264 e. The summed E-state index contributed by atoms with van der Waals surface area (Å²) in [4.78, 5) is 28.4. The van der Waals surface area contributed by atoms with E-state index in [2.05, 4.69) is 5.32 Å². The van der Waals surface area contributed by atoms with Gasteiger partial charge in [-0.25, -0.2) is 12.8 Å². The second-order valence-electron chi connectivity index (χ2n) is 9.57. The molecule has 1 atom stereocenters. The number of amides is 2. The second kappa shape index (κ2) is 13.9. The van der Waals surface area contributed by atoms with Crippen molar-refractivity contribution in [2.45, 2.75) is 50.6 Å². The largest absolute Gasteiger partial charge is 0.497 e. The maximum Gasteiger partial charge on any atom is 0.264 e. The molecule has 3 rings (SSSR count). The lowest BCUT2D eigenvalue weighted by Crippen LogP contribution is -2.54. The van der Waals surface area contributed by atoms with Crippen molar-refractivity contribution >= 4 is 27.5 Å². The molecule has 0 aliphatic carbocycles. The van der Waals surface area contributed by atoms with E-state index in [1.165, 1.54) is 48.4 Å². The Labute approximate surface area is 235 Å². The van der Waals surface area contributed by atoms with Gasteiger partial charge in [-0.3, -0.25) is 13.9 Å². The molecule has 3 aromatic rings. The Balaban J connectivity index is 2.00. The maximum absolute atomic E-state index is 13.9. The average Bonchev–Trinajstić information content (AvgIpc) is 2.94. The zero-order valence-corrected chi connectivity index (χ0v) is 24.0. The van der Waals surface area contributed by atoms with Crippen LogP contribution in [-0.2, 0) is 26.0 Å². The lowest BCUT2D eigenvalue weighted by molar-refractivity contribution is -0.139. The Kier molecular flexibility index (Phi) is 10.7. The number of anilines is 1. The highest BCUT2D eigenvalue weighted by atomic mass is 32.2. The minimum atomic E-state index is -4.25. The van der Waals surface area contributed by atoms with Crippen LogP contribution in [-0.4, -0.2) is 57.4 Å². The first kappa shape index (κ1) is 30.6. The Morgan fingerprint density at radius 2 is 1.57 bits per heavy atom. The number of benzene rings is 3. The molecule has 0 radical (unpaired) electrons. The summed E-state index contributed by atoms with van der Waals surface area (Å²) in [6.07, 6.45) is 0.806. The van der Waals surface area contributed by atoms with Gasteiger partial charge in [-0.15, -0.1) is 0 Å². The Hall–Kier alpha value is -3.92. The lowest BCUT2D eigenvalue weighted by Gasteiger charge is -2.33. The summed E-state index contributed by atoms with van der Waals surface area (Å²) < 4.78 is 47.5. The van der Waals surface area contributed by atoms with E-state index in [9.17, 15) is 22.4 Å². The third-order valence-corrected chi connectivity index (χ3v) is 8.13. The second-order valence-corrected chi connectivity index (χ2v) is 11.4. The summed E-state index contributed by atoms with van der Waals surface area (Å²) in [7, 11) is -2.78. The van der Waals surface area contributed by atoms with E-state index >= 15 is 0 Å². The van der Waals surface area contributed by atoms with Crippen LogP contribution in [0.2, 0.25) is 0 Å². The van der Waals surface area contributed by atoms with Gasteiger partial charge >= 0.3 is 0 Å². The van der Waals surface area contributed by atoms with Crippen LogP contribution in [0, 0.1) is 5.82 Å². The number of nitrogens with zero attached hydrogens (tertiary/aromatic N) is 2. The molecule has 0 saturated heterocycles. The molecule has 1 N–H and O–H groups in total. The van der Waals surface area contributed by atoms with Crippen LogP contribution in [0.4, 0.5) is 10.1 Å². The first-order valence-corrected chi connectivity index (χ1v) is 14.6. The van der Waals surface area contributed by atoms with Gasteiger partial charge in [0.25, 0.3) is 10.0 Å². The van der Waals surface area contributed by atoms with E-state index in [1.807, 2.05) is 44.2 Å². The Morgan fingerprint density at radius 3 is 2.12 bits per heavy atom. The van der Waals surface area contributed by atoms with Crippen molar-refractivity contribution in [2.24, 2.45) is 0 Å². The first-order valence-electron chi connectivity index (χ1n) is 13.1. The summed E-state index contributed by atoms with van der Waals surface area (Å²) in [6.45, 7) is 5.09. The molecule has 2 amide bonds. The fourth-order valence-corrected chi connectivity index (χ4v) is 5.70. The first-order chi connectivity index (χ1) is 19.1. The Bertz CT molecular complexity index is 1360. The van der Waals surface area contributed by atoms with Gasteiger partial charge in [-0.1, -0.05) is 37.3 Å². The van der Waals surface area contributed by atoms with Crippen molar-refractivity contribution in [3.63, 3.8) is 0 Å². The van der Waals surface area contributed by atoms with E-state index in [0.717, 1.165) is 22.0 Å². The van der Waals surface area contributed by atoms with Crippen molar-refractivity contribution in [1.82, 2.24) is 10.2 Å². The van der Waals surface area contributed by atoms with Crippen molar-refractivity contribution < 1.29 is 27.1 Å². The molecule has 40 heavy (non-hydrogen) atoms. The average molecular weight is 570 g/mol. The number of hydrogen-bond donors (Lipinski definition) is 1. The number of carbonyl (C=O) groups excluding carboxylic acids is 2. The third kappa shape index (κ3) is 7.81. The van der Waals surface area contributed by atoms with Crippen LogP contribution >= 0.6 is 0 Å². The highest BCUT2D eigenvalue weighted by Gasteiger charge is 2.33. The normalized spacial score (nSPS) is 12.1. The fraction of sp³-hybridized carbons (Fsp3) is 0.333. The minimum Gasteiger partial charge on any atom is -0.497 e. The molecule has 10 heteroatoms. The number of halogens is 1. The topological polar surface area (TPSA) is 96.0 Å². The number of hydrogen-bond acceptors (Lipinski definition) is 5. The fourth-order valence-electron chi connectivity index (χ4n) is 4.29. The van der Waals surface area contributed by atoms with Gasteiger partial charge in [0.2, 0.25) is 11.8 Å². The summed E-state index contributed by atoms with van der Waals surface area (Å²) in [5.74, 6) is -0.941. The maximum atomic E-state index is 13.9. The molecule has 0 spiro atoms. The van der Waals surface area contributed by atoms with Crippen LogP contribution in [0.25, 0.3) is 0 Å². The van der Waals surface area contributed by atoms with Gasteiger partial charge in [0.05, 0.1) is 17.7 Å². The van der Waals surface area contributed by atoms with Crippen molar-refractivity contribution in [2.75, 3.05) is 24.5 Å². The van der Waals surface area contributed by atoms with Gasteiger partial charge in [-0.2, -0.15) is 0 Å². The molecule has 0 heterocycles. The van der Waals surface area contributed by atoms with E-state index < -0.39 is 34.3 Å². The summed E-state index contributed by atoms with van der Waals surface area (Å²) in [6, 6.07) is 19.2. The van der Waals surface area contributed by atoms with Crippen LogP contribution in [0.15, 0.2) is 83.8 Å². The summed E-state index contributed by atoms with van der Waals surface area (Å²) in [5, 5.41) is 2.87. The standard InChI is InChI=1S/C30H36FN3O5S/c1-5-28(30(36)32-22(2)3)33(20-19-23-9-7-6-8-10-23)29(35)21-34(25-13-11-24(31)12-14-25)40(37,38)27-17-15-26(39-4)16-18-27/h6-18,22,28H,5,19-21H2,1-4H3,(H,32,36). The van der Waals surface area contributed by atoms with E-state index in [4.69, 9.17) is 4.74 Å². The minimum absolute atomic E-state index is 0.0640. The van der Waals surface area contributed by atoms with Gasteiger partial charge in [-0.05, 0) is 80.8 Å². The summed E-state index contributed by atoms with van der Waals surface area (Å²) in [5.41, 5.74) is 1.09. The number of carbonyl (C=O) groups is 2. The molecule has 8 nitrogen and oxygen atoms in total. The van der Waals surface area contributed by atoms with Gasteiger partial charge in [0, 0.05) is 12.6 Å². The van der Waals surface area contributed by atoms with Crippen molar-refractivity contribution in [1.29, 1.82) is 0 Å². The van der Waals surface area contributed by atoms with Crippen LogP contribution in [0.3, 0.4) is 0 Å². The molecule has 0 fully saturated rings. The van der Waals surface area contributed by atoms with Crippen molar-refractivity contribution in [3.05, 3.63) is 90.2 Å². The number of ether oxygens (including phenoxy) is 1. The molecule has 0 bridgehead atoms. The van der Waals surface area contributed by atoms with Crippen LogP contribution in [0.5, 0.6) is 5.75 Å². The quantitative estimate of drug-likeness (QED) is 0.329. The van der Waals surface area contributed by atoms with Crippen LogP contribution < -0.4 is 14.4 Å². The number of nitrogens with one attached hydrogen (secondary N) is 1. The SMILES string of the molecule is CCC(C(=O)NC(C)C)N(CCc1ccccc1)C(=O)CN(c1ccc(F)cc1)S(=O)(=O)c1ccc(OC)cc1. The third-order valence-electron chi connectivity index (χ3n) is 6.34. The zero-order chi connectivity index (χ0) is 29.3. The molecule has 0 aliphatic rings. The monoisotopic (exact) mass is 569 g/mol. The van der Waals surface area contributed by atoms with Gasteiger partial charge in [0.1, 0.15) is 24.2 Å². The zero-order valence-electron chi connectivity index (χ0n) is 23.2. The van der Waals surface area contributed by atoms with Gasteiger partial charge < -0.3 is 15.0 Å². The highest BCUT2D eigenvalue weighted by Crippen LogP contribution is 2.26. The Morgan fingerprint density at radius 1 is 0.950 bits per heavy atom. The molecule has 3 aromatic carbocycles. The van der Waals surface area contributed by atoms with Crippen molar-refractivity contribution in [3.8, 4) is 5.75 Å². The predicted octanol–water partition coefficient (Wildman–Crippen LogP) is 4.40. The van der Waals surface area contributed by atoms with E-state index in [0.29, 0.717) is 18.6 Å². The van der Waals surface area contributed by atoms with Gasteiger partial charge in [0.15, 0.2) is 0 Å². The predicted molar refractivity (Wildman–Crippen MR) is 153 cm³/mol. The lowest BCUT2D eigenvalue weighted by atomic mass is 10.1. The van der Waals surface area contributed by atoms with Crippen LogP contribution in [0.1, 0.15) is 32.8 Å². The summed E-state index contributed by atoms with van der Waals surface area (Å²) >= 11 is 0.